The van der Waals surface area contributed by atoms with Crippen molar-refractivity contribution < 1.29 is 0 Å². The lowest BCUT2D eigenvalue weighted by atomic mass is 10.0. The molecule has 0 spiro atoms. The zero-order chi connectivity index (χ0) is 12.3. The number of hydrogen-bond donors (Lipinski definition) is 1. The predicted molar refractivity (Wildman–Crippen MR) is 77.9 cm³/mol. The fourth-order valence-electron chi connectivity index (χ4n) is 2.68. The standard InChI is InChI=1S/C15H23NS/c1-11(10-17-3)16-12(2)14-8-7-13-5-4-6-15(13)9-14/h7-9,11-12,16H,4-6,10H2,1-3H3. The summed E-state index contributed by atoms with van der Waals surface area (Å²) in [5.41, 5.74) is 4.59. The Labute approximate surface area is 109 Å². The fraction of sp³-hybridized carbons (Fsp3) is 0.600. The number of benzene rings is 1. The average molecular weight is 249 g/mol. The van der Waals surface area contributed by atoms with Crippen LogP contribution in [0.25, 0.3) is 0 Å². The number of nitrogens with one attached hydrogen (secondary N) is 1. The maximum absolute atomic E-state index is 3.67. The van der Waals surface area contributed by atoms with Crippen molar-refractivity contribution in [3.63, 3.8) is 0 Å². The maximum atomic E-state index is 3.67. The number of thioether (sulfide) groups is 1. The van der Waals surface area contributed by atoms with Gasteiger partial charge in [0.1, 0.15) is 0 Å². The van der Waals surface area contributed by atoms with E-state index in [0.29, 0.717) is 12.1 Å². The van der Waals surface area contributed by atoms with E-state index in [1.165, 1.54) is 30.6 Å². The molecule has 2 atom stereocenters. The van der Waals surface area contributed by atoms with Crippen molar-refractivity contribution in [2.24, 2.45) is 0 Å². The van der Waals surface area contributed by atoms with Crippen LogP contribution in [0.1, 0.15) is 43.0 Å². The number of aryl methyl sites for hydroxylation is 2. The first-order chi connectivity index (χ1) is 8.20. The molecule has 94 valence electrons. The van der Waals surface area contributed by atoms with Crippen LogP contribution < -0.4 is 5.32 Å². The van der Waals surface area contributed by atoms with Gasteiger partial charge in [-0.2, -0.15) is 11.8 Å². The van der Waals surface area contributed by atoms with Gasteiger partial charge in [-0.05, 0) is 56.1 Å². The van der Waals surface area contributed by atoms with Gasteiger partial charge in [0, 0.05) is 17.8 Å². The molecule has 0 radical (unpaired) electrons. The minimum atomic E-state index is 0.461. The van der Waals surface area contributed by atoms with E-state index in [9.17, 15) is 0 Å². The first kappa shape index (κ1) is 13.0. The van der Waals surface area contributed by atoms with Gasteiger partial charge in [-0.25, -0.2) is 0 Å². The molecule has 0 heterocycles. The molecule has 0 bridgehead atoms. The maximum Gasteiger partial charge on any atom is 0.0294 e. The summed E-state index contributed by atoms with van der Waals surface area (Å²) in [5.74, 6) is 1.18. The third kappa shape index (κ3) is 3.26. The van der Waals surface area contributed by atoms with Crippen LogP contribution in [0, 0.1) is 0 Å². The molecule has 2 rings (SSSR count). The molecule has 1 N–H and O–H groups in total. The predicted octanol–water partition coefficient (Wildman–Crippen LogP) is 3.58. The Morgan fingerprint density at radius 2 is 2.00 bits per heavy atom. The molecule has 1 aliphatic rings. The summed E-state index contributed by atoms with van der Waals surface area (Å²) >= 11 is 1.90. The van der Waals surface area contributed by atoms with Crippen molar-refractivity contribution in [2.75, 3.05) is 12.0 Å². The third-order valence-electron chi connectivity index (χ3n) is 3.57. The Kier molecular flexibility index (Phi) is 4.52. The molecule has 0 aliphatic heterocycles. The Morgan fingerprint density at radius 1 is 1.24 bits per heavy atom. The van der Waals surface area contributed by atoms with Crippen LogP contribution in [0.2, 0.25) is 0 Å². The highest BCUT2D eigenvalue weighted by molar-refractivity contribution is 7.98. The summed E-state index contributed by atoms with van der Waals surface area (Å²) < 4.78 is 0. The molecule has 0 fully saturated rings. The molecule has 2 heteroatoms. The molecular formula is C15H23NS. The number of hydrogen-bond acceptors (Lipinski definition) is 2. The van der Waals surface area contributed by atoms with Gasteiger partial charge in [-0.15, -0.1) is 0 Å². The lowest BCUT2D eigenvalue weighted by molar-refractivity contribution is 0.511. The summed E-state index contributed by atoms with van der Waals surface area (Å²) in [6.07, 6.45) is 6.05. The first-order valence-electron chi connectivity index (χ1n) is 6.57. The van der Waals surface area contributed by atoms with Crippen molar-refractivity contribution >= 4 is 11.8 Å². The van der Waals surface area contributed by atoms with E-state index in [1.54, 1.807) is 11.1 Å². The molecule has 0 saturated heterocycles. The molecule has 0 amide bonds. The Morgan fingerprint density at radius 3 is 2.76 bits per heavy atom. The highest BCUT2D eigenvalue weighted by atomic mass is 32.2. The lowest BCUT2D eigenvalue weighted by Crippen LogP contribution is -2.30. The van der Waals surface area contributed by atoms with Gasteiger partial charge in [0.2, 0.25) is 0 Å². The van der Waals surface area contributed by atoms with E-state index in [2.05, 4.69) is 43.6 Å². The highest BCUT2D eigenvalue weighted by Crippen LogP contribution is 2.25. The summed E-state index contributed by atoms with van der Waals surface area (Å²) in [7, 11) is 0. The van der Waals surface area contributed by atoms with Crippen LogP contribution >= 0.6 is 11.8 Å². The molecule has 1 nitrogen and oxygen atoms in total. The van der Waals surface area contributed by atoms with Gasteiger partial charge in [-0.3, -0.25) is 0 Å². The monoisotopic (exact) mass is 249 g/mol. The van der Waals surface area contributed by atoms with E-state index in [0.717, 1.165) is 0 Å². The van der Waals surface area contributed by atoms with Crippen LogP contribution in [-0.4, -0.2) is 18.1 Å². The van der Waals surface area contributed by atoms with Gasteiger partial charge in [0.05, 0.1) is 0 Å². The topological polar surface area (TPSA) is 12.0 Å². The minimum absolute atomic E-state index is 0.461. The molecule has 0 saturated carbocycles. The van der Waals surface area contributed by atoms with Crippen molar-refractivity contribution in [3.8, 4) is 0 Å². The zero-order valence-electron chi connectivity index (χ0n) is 11.1. The van der Waals surface area contributed by atoms with Crippen molar-refractivity contribution in [1.82, 2.24) is 5.32 Å². The van der Waals surface area contributed by atoms with Crippen LogP contribution in [0.3, 0.4) is 0 Å². The second-order valence-electron chi connectivity index (χ2n) is 5.13. The molecule has 0 aromatic heterocycles. The minimum Gasteiger partial charge on any atom is -0.307 e. The van der Waals surface area contributed by atoms with Gasteiger partial charge < -0.3 is 5.32 Å². The van der Waals surface area contributed by atoms with E-state index < -0.39 is 0 Å². The van der Waals surface area contributed by atoms with Gasteiger partial charge in [0.15, 0.2) is 0 Å². The quantitative estimate of drug-likeness (QED) is 0.856. The largest absolute Gasteiger partial charge is 0.307 e. The van der Waals surface area contributed by atoms with Crippen LogP contribution in [0.15, 0.2) is 18.2 Å². The normalized spacial score (nSPS) is 17.8. The smallest absolute Gasteiger partial charge is 0.0294 e. The Balaban J connectivity index is 2.01. The summed E-state index contributed by atoms with van der Waals surface area (Å²) in [4.78, 5) is 0. The van der Waals surface area contributed by atoms with Gasteiger partial charge in [0.25, 0.3) is 0 Å². The fourth-order valence-corrected chi connectivity index (χ4v) is 3.28. The van der Waals surface area contributed by atoms with E-state index in [1.807, 2.05) is 11.8 Å². The summed E-state index contributed by atoms with van der Waals surface area (Å²) in [6, 6.07) is 8.07. The zero-order valence-corrected chi connectivity index (χ0v) is 11.9. The van der Waals surface area contributed by atoms with Crippen LogP contribution in [0.5, 0.6) is 0 Å². The molecule has 1 aliphatic carbocycles. The van der Waals surface area contributed by atoms with Crippen molar-refractivity contribution in [3.05, 3.63) is 34.9 Å². The average Bonchev–Trinajstić information content (AvgIpc) is 2.75. The SMILES string of the molecule is CSCC(C)NC(C)c1ccc2c(c1)CCC2. The Bertz CT molecular complexity index is 375. The van der Waals surface area contributed by atoms with Crippen LogP contribution in [-0.2, 0) is 12.8 Å². The molecular weight excluding hydrogens is 226 g/mol. The van der Waals surface area contributed by atoms with Crippen molar-refractivity contribution in [1.29, 1.82) is 0 Å². The van der Waals surface area contributed by atoms with Crippen molar-refractivity contribution in [2.45, 2.75) is 45.2 Å². The second kappa shape index (κ2) is 5.92. The third-order valence-corrected chi connectivity index (χ3v) is 4.41. The summed E-state index contributed by atoms with van der Waals surface area (Å²) in [6.45, 7) is 4.54. The summed E-state index contributed by atoms with van der Waals surface area (Å²) in [5, 5.41) is 3.67. The second-order valence-corrected chi connectivity index (χ2v) is 6.04. The van der Waals surface area contributed by atoms with Gasteiger partial charge >= 0.3 is 0 Å². The lowest BCUT2D eigenvalue weighted by Gasteiger charge is -2.20. The van der Waals surface area contributed by atoms with E-state index >= 15 is 0 Å². The molecule has 1 aromatic carbocycles. The Hall–Kier alpha value is -0.470. The van der Waals surface area contributed by atoms with Crippen LogP contribution in [0.4, 0.5) is 0 Å². The molecule has 1 aromatic rings. The van der Waals surface area contributed by atoms with E-state index in [4.69, 9.17) is 0 Å². The van der Waals surface area contributed by atoms with Gasteiger partial charge in [-0.1, -0.05) is 18.2 Å². The highest BCUT2D eigenvalue weighted by Gasteiger charge is 2.14. The molecule has 2 unspecified atom stereocenters. The first-order valence-corrected chi connectivity index (χ1v) is 7.96. The molecule has 17 heavy (non-hydrogen) atoms. The number of fused-ring (bicyclic) bond motifs is 1. The van der Waals surface area contributed by atoms with E-state index in [-0.39, 0.29) is 0 Å². The number of rotatable bonds is 5.